The SMILES string of the molecule is Cc1ccc(CNC(=O)c2cc3ccc(OS(=O)(=O)C(F)(F)F)nc3n(CC(=O)N3CC(C)C3)c2=O)cc1. The Kier molecular flexibility index (Phi) is 7.19. The number of rotatable bonds is 7. The first-order valence-electron chi connectivity index (χ1n) is 11.4. The average molecular weight is 553 g/mol. The van der Waals surface area contributed by atoms with Crippen molar-refractivity contribution in [2.75, 3.05) is 13.1 Å². The van der Waals surface area contributed by atoms with E-state index in [2.05, 4.69) is 14.5 Å². The number of likely N-dealkylation sites (tertiary alicyclic amines) is 1. The number of hydrogen-bond acceptors (Lipinski definition) is 7. The van der Waals surface area contributed by atoms with Gasteiger partial charge in [0, 0.05) is 31.1 Å². The van der Waals surface area contributed by atoms with Crippen molar-refractivity contribution in [3.05, 3.63) is 69.5 Å². The van der Waals surface area contributed by atoms with Gasteiger partial charge in [0.25, 0.3) is 11.5 Å². The molecule has 0 spiro atoms. The van der Waals surface area contributed by atoms with Crippen molar-refractivity contribution in [3.63, 3.8) is 0 Å². The molecule has 3 heterocycles. The zero-order chi connectivity index (χ0) is 27.8. The Labute approximate surface area is 215 Å². The molecule has 1 aliphatic heterocycles. The molecule has 3 aromatic rings. The van der Waals surface area contributed by atoms with Gasteiger partial charge in [0.1, 0.15) is 17.8 Å². The van der Waals surface area contributed by atoms with E-state index in [0.717, 1.165) is 27.8 Å². The van der Waals surface area contributed by atoms with E-state index in [1.807, 2.05) is 38.1 Å². The van der Waals surface area contributed by atoms with E-state index in [1.165, 1.54) is 11.0 Å². The molecule has 0 aliphatic carbocycles. The van der Waals surface area contributed by atoms with E-state index in [0.29, 0.717) is 13.1 Å². The monoisotopic (exact) mass is 552 g/mol. The first-order chi connectivity index (χ1) is 17.7. The Balaban J connectivity index is 1.72. The number of alkyl halides is 3. The van der Waals surface area contributed by atoms with Gasteiger partial charge in [0.15, 0.2) is 0 Å². The summed E-state index contributed by atoms with van der Waals surface area (Å²) in [5.74, 6) is -1.91. The van der Waals surface area contributed by atoms with E-state index in [-0.39, 0.29) is 29.1 Å². The highest BCUT2D eigenvalue weighted by atomic mass is 32.2. The molecule has 0 radical (unpaired) electrons. The normalized spacial score (nSPS) is 14.3. The minimum Gasteiger partial charge on any atom is -0.355 e. The third kappa shape index (κ3) is 5.64. The highest BCUT2D eigenvalue weighted by Gasteiger charge is 2.49. The maximum Gasteiger partial charge on any atom is 0.534 e. The highest BCUT2D eigenvalue weighted by molar-refractivity contribution is 7.87. The lowest BCUT2D eigenvalue weighted by molar-refractivity contribution is -0.137. The van der Waals surface area contributed by atoms with E-state index < -0.39 is 45.4 Å². The number of halogens is 3. The minimum atomic E-state index is -6.03. The maximum atomic E-state index is 13.3. The zero-order valence-corrected chi connectivity index (χ0v) is 21.1. The molecule has 10 nitrogen and oxygen atoms in total. The number of nitrogens with zero attached hydrogens (tertiary/aromatic N) is 3. The molecule has 1 aromatic carbocycles. The van der Waals surface area contributed by atoms with Crippen molar-refractivity contribution in [1.82, 2.24) is 19.8 Å². The number of pyridine rings is 2. The lowest BCUT2D eigenvalue weighted by atomic mass is 10.0. The lowest BCUT2D eigenvalue weighted by Crippen LogP contribution is -2.50. The second kappa shape index (κ2) is 10.1. The van der Waals surface area contributed by atoms with Crippen LogP contribution in [0.5, 0.6) is 5.88 Å². The van der Waals surface area contributed by atoms with Crippen LogP contribution >= 0.6 is 0 Å². The van der Waals surface area contributed by atoms with Gasteiger partial charge in [-0.3, -0.25) is 19.0 Å². The van der Waals surface area contributed by atoms with Crippen LogP contribution in [0.1, 0.15) is 28.4 Å². The second-order valence-electron chi connectivity index (χ2n) is 9.07. The summed E-state index contributed by atoms with van der Waals surface area (Å²) in [6, 6.07) is 10.5. The molecule has 0 saturated carbocycles. The van der Waals surface area contributed by atoms with Gasteiger partial charge in [-0.05, 0) is 30.5 Å². The molecule has 1 fully saturated rings. The molecule has 14 heteroatoms. The summed E-state index contributed by atoms with van der Waals surface area (Å²) < 4.78 is 66.1. The second-order valence-corrected chi connectivity index (χ2v) is 10.6. The standard InChI is InChI=1S/C24H23F3N4O6S/c1-14-3-5-16(6-4-14)10-28-22(33)18-9-17-7-8-19(37-38(35,36)24(25,26)27)29-21(17)31(23(18)34)13-20(32)30-11-15(2)12-30/h3-9,15H,10-13H2,1-2H3,(H,28,33). The van der Waals surface area contributed by atoms with Crippen molar-refractivity contribution in [2.24, 2.45) is 5.92 Å². The van der Waals surface area contributed by atoms with Crippen LogP contribution in [0.2, 0.25) is 0 Å². The Hall–Kier alpha value is -3.94. The Morgan fingerprint density at radius 1 is 1.13 bits per heavy atom. The molecular formula is C24H23F3N4O6S. The van der Waals surface area contributed by atoms with Crippen LogP contribution in [0.4, 0.5) is 13.2 Å². The smallest absolute Gasteiger partial charge is 0.355 e. The molecule has 38 heavy (non-hydrogen) atoms. The summed E-state index contributed by atoms with van der Waals surface area (Å²) in [5.41, 5.74) is -5.47. The van der Waals surface area contributed by atoms with Gasteiger partial charge in [-0.25, -0.2) is 0 Å². The van der Waals surface area contributed by atoms with Crippen molar-refractivity contribution in [3.8, 4) is 5.88 Å². The van der Waals surface area contributed by atoms with E-state index in [1.54, 1.807) is 0 Å². The fourth-order valence-electron chi connectivity index (χ4n) is 3.87. The molecule has 0 atom stereocenters. The van der Waals surface area contributed by atoms with Gasteiger partial charge >= 0.3 is 15.6 Å². The number of aromatic nitrogens is 2. The third-order valence-electron chi connectivity index (χ3n) is 5.92. The van der Waals surface area contributed by atoms with Gasteiger partial charge in [-0.2, -0.15) is 26.6 Å². The molecular weight excluding hydrogens is 529 g/mol. The minimum absolute atomic E-state index is 0.103. The van der Waals surface area contributed by atoms with Gasteiger partial charge < -0.3 is 14.4 Å². The van der Waals surface area contributed by atoms with Crippen LogP contribution in [0.15, 0.2) is 47.3 Å². The highest BCUT2D eigenvalue weighted by Crippen LogP contribution is 2.27. The van der Waals surface area contributed by atoms with Crippen LogP contribution < -0.4 is 15.1 Å². The molecule has 0 unspecified atom stereocenters. The van der Waals surface area contributed by atoms with Crippen molar-refractivity contribution in [1.29, 1.82) is 0 Å². The Morgan fingerprint density at radius 3 is 2.39 bits per heavy atom. The van der Waals surface area contributed by atoms with Crippen LogP contribution in [0.25, 0.3) is 11.0 Å². The number of benzene rings is 1. The average Bonchev–Trinajstić information content (AvgIpc) is 2.82. The maximum absolute atomic E-state index is 13.3. The van der Waals surface area contributed by atoms with E-state index in [4.69, 9.17) is 0 Å². The molecule has 1 N–H and O–H groups in total. The van der Waals surface area contributed by atoms with Crippen molar-refractivity contribution in [2.45, 2.75) is 32.4 Å². The molecule has 4 rings (SSSR count). The van der Waals surface area contributed by atoms with Crippen LogP contribution in [-0.4, -0.2) is 53.3 Å². The molecule has 2 amide bonds. The summed E-state index contributed by atoms with van der Waals surface area (Å²) in [7, 11) is -6.03. The topological polar surface area (TPSA) is 128 Å². The molecule has 0 bridgehead atoms. The molecule has 2 aromatic heterocycles. The van der Waals surface area contributed by atoms with Crippen molar-refractivity contribution < 1.29 is 35.4 Å². The van der Waals surface area contributed by atoms with Gasteiger partial charge in [-0.15, -0.1) is 0 Å². The number of carbonyl (C=O) groups excluding carboxylic acids is 2. The van der Waals surface area contributed by atoms with Crippen LogP contribution in [0.3, 0.4) is 0 Å². The van der Waals surface area contributed by atoms with Gasteiger partial charge in [0.2, 0.25) is 11.8 Å². The van der Waals surface area contributed by atoms with Crippen molar-refractivity contribution >= 4 is 33.0 Å². The third-order valence-corrected chi connectivity index (χ3v) is 6.88. The summed E-state index contributed by atoms with van der Waals surface area (Å²) in [6.45, 7) is 4.29. The molecule has 1 aliphatic rings. The Bertz CT molecular complexity index is 1560. The Morgan fingerprint density at radius 2 is 1.79 bits per heavy atom. The first-order valence-corrected chi connectivity index (χ1v) is 12.8. The number of amides is 2. The number of hydrogen-bond donors (Lipinski definition) is 1. The van der Waals surface area contributed by atoms with E-state index >= 15 is 0 Å². The summed E-state index contributed by atoms with van der Waals surface area (Å²) in [6.07, 6.45) is 0. The van der Waals surface area contributed by atoms with Crippen LogP contribution in [0, 0.1) is 12.8 Å². The molecule has 1 saturated heterocycles. The summed E-state index contributed by atoms with van der Waals surface area (Å²) >= 11 is 0. The largest absolute Gasteiger partial charge is 0.534 e. The fraction of sp³-hybridized carbons (Fsp3) is 0.333. The first kappa shape index (κ1) is 27.1. The van der Waals surface area contributed by atoms with E-state index in [9.17, 15) is 36.0 Å². The quantitative estimate of drug-likeness (QED) is 0.352. The number of fused-ring (bicyclic) bond motifs is 1. The van der Waals surface area contributed by atoms with Gasteiger partial charge in [0.05, 0.1) is 0 Å². The number of nitrogens with one attached hydrogen (secondary N) is 1. The number of carbonyl (C=O) groups is 2. The fourth-order valence-corrected chi connectivity index (χ4v) is 4.28. The van der Waals surface area contributed by atoms with Crippen LogP contribution in [-0.2, 0) is 28.0 Å². The number of aryl methyl sites for hydroxylation is 1. The molecule has 202 valence electrons. The summed E-state index contributed by atoms with van der Waals surface area (Å²) in [5, 5.41) is 2.74. The predicted molar refractivity (Wildman–Crippen MR) is 130 cm³/mol. The lowest BCUT2D eigenvalue weighted by Gasteiger charge is -2.37. The van der Waals surface area contributed by atoms with Gasteiger partial charge in [-0.1, -0.05) is 36.8 Å². The zero-order valence-electron chi connectivity index (χ0n) is 20.3. The predicted octanol–water partition coefficient (Wildman–Crippen LogP) is 2.34. The summed E-state index contributed by atoms with van der Waals surface area (Å²) in [4.78, 5) is 44.2.